The Morgan fingerprint density at radius 1 is 1.39 bits per heavy atom. The molecule has 18 heavy (non-hydrogen) atoms. The van der Waals surface area contributed by atoms with Crippen molar-refractivity contribution in [2.75, 3.05) is 7.11 Å². The van der Waals surface area contributed by atoms with Crippen LogP contribution in [0.3, 0.4) is 0 Å². The van der Waals surface area contributed by atoms with Gasteiger partial charge in [0.2, 0.25) is 0 Å². The molecule has 5 heteroatoms. The molecule has 1 aromatic heterocycles. The van der Waals surface area contributed by atoms with Gasteiger partial charge in [0.25, 0.3) is 0 Å². The van der Waals surface area contributed by atoms with E-state index in [1.54, 1.807) is 43.9 Å². The molecule has 0 amide bonds. The predicted octanol–water partition coefficient (Wildman–Crippen LogP) is 2.41. The molecule has 0 aliphatic heterocycles. The van der Waals surface area contributed by atoms with Crippen molar-refractivity contribution in [3.05, 3.63) is 53.1 Å². The number of rotatable bonds is 4. The molecule has 0 saturated heterocycles. The normalized spacial score (nSPS) is 12.2. The smallest absolute Gasteiger partial charge is 0.122 e. The highest BCUT2D eigenvalue weighted by molar-refractivity contribution is 6.30. The van der Waals surface area contributed by atoms with Crippen LogP contribution in [0.1, 0.15) is 17.4 Å². The van der Waals surface area contributed by atoms with Crippen LogP contribution in [0, 0.1) is 0 Å². The van der Waals surface area contributed by atoms with E-state index in [1.807, 2.05) is 0 Å². The lowest BCUT2D eigenvalue weighted by atomic mass is 10.0. The molecule has 1 heterocycles. The zero-order valence-electron chi connectivity index (χ0n) is 9.88. The Bertz CT molecular complexity index is 520. The molecular weight excluding hydrogens is 252 g/mol. The third-order valence-corrected chi connectivity index (χ3v) is 2.82. The van der Waals surface area contributed by atoms with Crippen LogP contribution in [0.15, 0.2) is 36.8 Å². The van der Waals surface area contributed by atoms with Gasteiger partial charge in [-0.2, -0.15) is 0 Å². The zero-order valence-corrected chi connectivity index (χ0v) is 10.6. The largest absolute Gasteiger partial charge is 0.496 e. The van der Waals surface area contributed by atoms with Crippen molar-refractivity contribution in [3.63, 3.8) is 0 Å². The van der Waals surface area contributed by atoms with Gasteiger partial charge in [0, 0.05) is 23.8 Å². The minimum Gasteiger partial charge on any atom is -0.496 e. The van der Waals surface area contributed by atoms with Crippen molar-refractivity contribution >= 4 is 11.6 Å². The summed E-state index contributed by atoms with van der Waals surface area (Å²) >= 11 is 5.94. The van der Waals surface area contributed by atoms with Gasteiger partial charge >= 0.3 is 0 Å². The van der Waals surface area contributed by atoms with E-state index in [2.05, 4.69) is 9.97 Å². The Morgan fingerprint density at radius 3 is 2.89 bits per heavy atom. The first kappa shape index (κ1) is 12.8. The fraction of sp³-hybridized carbons (Fsp3) is 0.231. The van der Waals surface area contributed by atoms with Gasteiger partial charge in [-0.05, 0) is 23.8 Å². The lowest BCUT2D eigenvalue weighted by Gasteiger charge is -2.13. The summed E-state index contributed by atoms with van der Waals surface area (Å²) in [6.07, 6.45) is 4.31. The van der Waals surface area contributed by atoms with E-state index in [0.29, 0.717) is 22.9 Å². The van der Waals surface area contributed by atoms with Gasteiger partial charge in [-0.1, -0.05) is 11.6 Å². The molecule has 0 radical (unpaired) electrons. The maximum Gasteiger partial charge on any atom is 0.122 e. The number of aliphatic hydroxyl groups excluding tert-OH is 1. The zero-order chi connectivity index (χ0) is 13.0. The van der Waals surface area contributed by atoms with Gasteiger partial charge in [0.05, 0.1) is 19.0 Å². The van der Waals surface area contributed by atoms with Crippen LogP contribution in [0.25, 0.3) is 0 Å². The Morgan fingerprint density at radius 2 is 2.22 bits per heavy atom. The van der Waals surface area contributed by atoms with Gasteiger partial charge in [0.15, 0.2) is 0 Å². The summed E-state index contributed by atoms with van der Waals surface area (Å²) < 4.78 is 5.23. The standard InChI is InChI=1S/C13H13ClN2O2/c1-18-13-3-2-10(14)6-9(13)7-12(17)11-8-15-4-5-16-11/h2-6,8,12,17H,7H2,1H3. The molecular formula is C13H13ClN2O2. The molecule has 0 aliphatic rings. The van der Waals surface area contributed by atoms with Crippen LogP contribution in [-0.4, -0.2) is 22.2 Å². The molecule has 4 nitrogen and oxygen atoms in total. The van der Waals surface area contributed by atoms with E-state index in [4.69, 9.17) is 16.3 Å². The number of aliphatic hydroxyl groups is 1. The van der Waals surface area contributed by atoms with Crippen LogP contribution in [0.5, 0.6) is 5.75 Å². The van der Waals surface area contributed by atoms with Crippen LogP contribution in [0.4, 0.5) is 0 Å². The Kier molecular flexibility index (Phi) is 4.12. The molecule has 2 rings (SSSR count). The van der Waals surface area contributed by atoms with E-state index in [-0.39, 0.29) is 0 Å². The number of nitrogens with zero attached hydrogens (tertiary/aromatic N) is 2. The summed E-state index contributed by atoms with van der Waals surface area (Å²) in [6.45, 7) is 0. The van der Waals surface area contributed by atoms with E-state index < -0.39 is 6.10 Å². The summed E-state index contributed by atoms with van der Waals surface area (Å²) in [5.74, 6) is 0.697. The number of hydrogen-bond donors (Lipinski definition) is 1. The highest BCUT2D eigenvalue weighted by Crippen LogP contribution is 2.26. The summed E-state index contributed by atoms with van der Waals surface area (Å²) in [4.78, 5) is 7.99. The summed E-state index contributed by atoms with van der Waals surface area (Å²) in [7, 11) is 1.58. The van der Waals surface area contributed by atoms with Crippen molar-refractivity contribution < 1.29 is 9.84 Å². The number of aromatic nitrogens is 2. The first-order valence-corrected chi connectivity index (χ1v) is 5.85. The fourth-order valence-corrected chi connectivity index (χ4v) is 1.90. The van der Waals surface area contributed by atoms with Gasteiger partial charge in [-0.3, -0.25) is 9.97 Å². The number of halogens is 1. The molecule has 2 aromatic rings. The SMILES string of the molecule is COc1ccc(Cl)cc1CC(O)c1cnccn1. The maximum absolute atomic E-state index is 10.1. The number of methoxy groups -OCH3 is 1. The first-order chi connectivity index (χ1) is 8.70. The van der Waals surface area contributed by atoms with Crippen molar-refractivity contribution in [1.29, 1.82) is 0 Å². The molecule has 94 valence electrons. The van der Waals surface area contributed by atoms with Crippen molar-refractivity contribution in [3.8, 4) is 5.75 Å². The Labute approximate surface area is 110 Å². The van der Waals surface area contributed by atoms with Gasteiger partial charge in [0.1, 0.15) is 11.9 Å². The minimum atomic E-state index is -0.730. The van der Waals surface area contributed by atoms with Crippen LogP contribution >= 0.6 is 11.6 Å². The van der Waals surface area contributed by atoms with Crippen molar-refractivity contribution in [1.82, 2.24) is 9.97 Å². The lowest BCUT2D eigenvalue weighted by Crippen LogP contribution is -2.05. The fourth-order valence-electron chi connectivity index (χ4n) is 1.70. The monoisotopic (exact) mass is 264 g/mol. The Balaban J connectivity index is 2.21. The van der Waals surface area contributed by atoms with Gasteiger partial charge in [-0.15, -0.1) is 0 Å². The number of hydrogen-bond acceptors (Lipinski definition) is 4. The molecule has 1 atom stereocenters. The van der Waals surface area contributed by atoms with Gasteiger partial charge in [-0.25, -0.2) is 0 Å². The highest BCUT2D eigenvalue weighted by atomic mass is 35.5. The van der Waals surface area contributed by atoms with Crippen LogP contribution in [-0.2, 0) is 6.42 Å². The molecule has 1 unspecified atom stereocenters. The second kappa shape index (κ2) is 5.80. The third-order valence-electron chi connectivity index (χ3n) is 2.58. The quantitative estimate of drug-likeness (QED) is 0.921. The van der Waals surface area contributed by atoms with Crippen molar-refractivity contribution in [2.45, 2.75) is 12.5 Å². The second-order valence-corrected chi connectivity index (χ2v) is 4.24. The van der Waals surface area contributed by atoms with Crippen LogP contribution < -0.4 is 4.74 Å². The summed E-state index contributed by atoms with van der Waals surface area (Å²) in [6, 6.07) is 5.31. The third kappa shape index (κ3) is 2.97. The van der Waals surface area contributed by atoms with Gasteiger partial charge < -0.3 is 9.84 Å². The topological polar surface area (TPSA) is 55.2 Å². The average molecular weight is 265 g/mol. The molecule has 0 bridgehead atoms. The highest BCUT2D eigenvalue weighted by Gasteiger charge is 2.13. The summed E-state index contributed by atoms with van der Waals surface area (Å²) in [5.41, 5.74) is 1.36. The maximum atomic E-state index is 10.1. The number of ether oxygens (including phenoxy) is 1. The molecule has 1 N–H and O–H groups in total. The molecule has 0 spiro atoms. The van der Waals surface area contributed by atoms with E-state index in [1.165, 1.54) is 0 Å². The second-order valence-electron chi connectivity index (χ2n) is 3.81. The number of benzene rings is 1. The van der Waals surface area contributed by atoms with E-state index in [0.717, 1.165) is 5.56 Å². The van der Waals surface area contributed by atoms with Crippen LogP contribution in [0.2, 0.25) is 5.02 Å². The molecule has 0 fully saturated rings. The van der Waals surface area contributed by atoms with E-state index in [9.17, 15) is 5.11 Å². The van der Waals surface area contributed by atoms with Crippen molar-refractivity contribution in [2.24, 2.45) is 0 Å². The first-order valence-electron chi connectivity index (χ1n) is 5.47. The molecule has 0 saturated carbocycles. The predicted molar refractivity (Wildman–Crippen MR) is 68.7 cm³/mol. The minimum absolute atomic E-state index is 0.377. The van der Waals surface area contributed by atoms with E-state index >= 15 is 0 Å². The molecule has 0 aliphatic carbocycles. The Hall–Kier alpha value is -1.65. The summed E-state index contributed by atoms with van der Waals surface area (Å²) in [5, 5.41) is 10.7. The molecule has 1 aromatic carbocycles. The lowest BCUT2D eigenvalue weighted by molar-refractivity contribution is 0.172. The average Bonchev–Trinajstić information content (AvgIpc) is 2.40.